The minimum Gasteiger partial charge on any atom is -0.341 e. The molecule has 0 radical (unpaired) electrons. The zero-order valence-electron chi connectivity index (χ0n) is 13.9. The highest BCUT2D eigenvalue weighted by atomic mass is 32.2. The number of benzene rings is 1. The van der Waals surface area contributed by atoms with Crippen molar-refractivity contribution in [2.45, 2.75) is 38.1 Å². The van der Waals surface area contributed by atoms with E-state index in [2.05, 4.69) is 16.9 Å². The van der Waals surface area contributed by atoms with E-state index in [-0.39, 0.29) is 18.4 Å². The van der Waals surface area contributed by atoms with Crippen molar-refractivity contribution in [1.29, 1.82) is 0 Å². The smallest absolute Gasteiger partial charge is 0.279 e. The quantitative estimate of drug-likeness (QED) is 0.801. The van der Waals surface area contributed by atoms with Crippen molar-refractivity contribution in [3.63, 3.8) is 0 Å². The van der Waals surface area contributed by atoms with E-state index >= 15 is 0 Å². The SMILES string of the molecule is O=C1CC(NS(=O)(=O)N2CCCC2)CN1CCCc1ccccc1. The van der Waals surface area contributed by atoms with Crippen LogP contribution in [0.3, 0.4) is 0 Å². The molecule has 6 nitrogen and oxygen atoms in total. The number of amides is 1. The first-order chi connectivity index (χ1) is 11.5. The molecule has 7 heteroatoms. The number of aryl methyl sites for hydroxylation is 1. The third-order valence-corrected chi connectivity index (χ3v) is 6.35. The number of nitrogens with one attached hydrogen (secondary N) is 1. The minimum absolute atomic E-state index is 0.0391. The predicted molar refractivity (Wildman–Crippen MR) is 92.6 cm³/mol. The molecule has 1 N–H and O–H groups in total. The van der Waals surface area contributed by atoms with Crippen molar-refractivity contribution in [2.75, 3.05) is 26.2 Å². The van der Waals surface area contributed by atoms with Gasteiger partial charge in [0.2, 0.25) is 5.91 Å². The maximum absolute atomic E-state index is 12.3. The Balaban J connectivity index is 1.47. The maximum Gasteiger partial charge on any atom is 0.279 e. The van der Waals surface area contributed by atoms with Crippen LogP contribution in [0.15, 0.2) is 30.3 Å². The highest BCUT2D eigenvalue weighted by Gasteiger charge is 2.34. The molecule has 1 aromatic carbocycles. The number of hydrogen-bond acceptors (Lipinski definition) is 3. The van der Waals surface area contributed by atoms with Gasteiger partial charge in [-0.05, 0) is 31.2 Å². The largest absolute Gasteiger partial charge is 0.341 e. The molecule has 2 fully saturated rings. The van der Waals surface area contributed by atoms with Gasteiger partial charge in [-0.1, -0.05) is 30.3 Å². The standard InChI is InChI=1S/C17H25N3O3S/c21-17-13-16(18-24(22,23)20-11-4-5-12-20)14-19(17)10-6-9-15-7-2-1-3-8-15/h1-3,7-8,16,18H,4-6,9-14H2. The predicted octanol–water partition coefficient (Wildman–Crippen LogP) is 1.15. The lowest BCUT2D eigenvalue weighted by molar-refractivity contribution is -0.127. The van der Waals surface area contributed by atoms with Gasteiger partial charge >= 0.3 is 0 Å². The molecule has 2 heterocycles. The zero-order chi connectivity index (χ0) is 17.0. The average Bonchev–Trinajstić information content (AvgIpc) is 3.19. The summed E-state index contributed by atoms with van der Waals surface area (Å²) < 4.78 is 28.8. The lowest BCUT2D eigenvalue weighted by Gasteiger charge is -2.20. The van der Waals surface area contributed by atoms with Crippen molar-refractivity contribution >= 4 is 16.1 Å². The van der Waals surface area contributed by atoms with Crippen LogP contribution in [0.2, 0.25) is 0 Å². The Morgan fingerprint density at radius 2 is 1.83 bits per heavy atom. The molecule has 0 aromatic heterocycles. The Hall–Kier alpha value is -1.44. The van der Waals surface area contributed by atoms with Crippen LogP contribution in [0.25, 0.3) is 0 Å². The molecular weight excluding hydrogens is 326 g/mol. The van der Waals surface area contributed by atoms with E-state index in [0.717, 1.165) is 25.7 Å². The van der Waals surface area contributed by atoms with Gasteiger partial charge < -0.3 is 4.90 Å². The molecule has 2 aliphatic heterocycles. The molecule has 0 saturated carbocycles. The number of carbonyl (C=O) groups excluding carboxylic acids is 1. The topological polar surface area (TPSA) is 69.7 Å². The van der Waals surface area contributed by atoms with Crippen LogP contribution < -0.4 is 4.72 Å². The van der Waals surface area contributed by atoms with Crippen molar-refractivity contribution in [3.05, 3.63) is 35.9 Å². The number of likely N-dealkylation sites (tertiary alicyclic amines) is 1. The first-order valence-electron chi connectivity index (χ1n) is 8.64. The fourth-order valence-electron chi connectivity index (χ4n) is 3.40. The van der Waals surface area contributed by atoms with E-state index in [4.69, 9.17) is 0 Å². The summed E-state index contributed by atoms with van der Waals surface area (Å²) in [7, 11) is -3.45. The van der Waals surface area contributed by atoms with Crippen LogP contribution in [-0.4, -0.2) is 55.8 Å². The lowest BCUT2D eigenvalue weighted by atomic mass is 10.1. The monoisotopic (exact) mass is 351 g/mol. The molecule has 1 unspecified atom stereocenters. The van der Waals surface area contributed by atoms with E-state index in [0.29, 0.717) is 26.2 Å². The van der Waals surface area contributed by atoms with Crippen LogP contribution >= 0.6 is 0 Å². The number of nitrogens with zero attached hydrogens (tertiary/aromatic N) is 2. The molecule has 1 aromatic rings. The first kappa shape index (κ1) is 17.4. The molecular formula is C17H25N3O3S. The normalized spacial score (nSPS) is 22.4. The van der Waals surface area contributed by atoms with Crippen molar-refractivity contribution < 1.29 is 13.2 Å². The second-order valence-corrected chi connectivity index (χ2v) is 8.26. The van der Waals surface area contributed by atoms with E-state index < -0.39 is 10.2 Å². The Morgan fingerprint density at radius 3 is 2.54 bits per heavy atom. The van der Waals surface area contributed by atoms with E-state index in [9.17, 15) is 13.2 Å². The molecule has 1 amide bonds. The summed E-state index contributed by atoms with van der Waals surface area (Å²) in [4.78, 5) is 13.9. The summed E-state index contributed by atoms with van der Waals surface area (Å²) in [6.45, 7) is 2.31. The molecule has 2 saturated heterocycles. The molecule has 132 valence electrons. The second kappa shape index (κ2) is 7.63. The Kier molecular flexibility index (Phi) is 5.53. The van der Waals surface area contributed by atoms with Crippen LogP contribution in [0.1, 0.15) is 31.2 Å². The van der Waals surface area contributed by atoms with Gasteiger partial charge in [0.25, 0.3) is 10.2 Å². The summed E-state index contributed by atoms with van der Waals surface area (Å²) in [6.07, 6.45) is 3.90. The van der Waals surface area contributed by atoms with Gasteiger partial charge in [0, 0.05) is 38.6 Å². The Morgan fingerprint density at radius 1 is 1.12 bits per heavy atom. The lowest BCUT2D eigenvalue weighted by Crippen LogP contribution is -2.45. The summed E-state index contributed by atoms with van der Waals surface area (Å²) in [5, 5.41) is 0. The first-order valence-corrected chi connectivity index (χ1v) is 10.1. The van der Waals surface area contributed by atoms with Crippen molar-refractivity contribution in [1.82, 2.24) is 13.9 Å². The molecule has 3 rings (SSSR count). The summed E-state index contributed by atoms with van der Waals surface area (Å²) in [6, 6.07) is 9.88. The third kappa shape index (κ3) is 4.34. The van der Waals surface area contributed by atoms with Gasteiger partial charge in [-0.2, -0.15) is 17.4 Å². The van der Waals surface area contributed by atoms with Gasteiger partial charge in [0.15, 0.2) is 0 Å². The number of carbonyl (C=O) groups is 1. The van der Waals surface area contributed by atoms with Gasteiger partial charge in [-0.25, -0.2) is 0 Å². The van der Waals surface area contributed by atoms with E-state index in [1.165, 1.54) is 9.87 Å². The second-order valence-electron chi connectivity index (χ2n) is 6.56. The van der Waals surface area contributed by atoms with Gasteiger partial charge in [0.05, 0.1) is 0 Å². The molecule has 24 heavy (non-hydrogen) atoms. The van der Waals surface area contributed by atoms with Gasteiger partial charge in [-0.15, -0.1) is 0 Å². The van der Waals surface area contributed by atoms with Crippen LogP contribution in [0.4, 0.5) is 0 Å². The third-order valence-electron chi connectivity index (χ3n) is 4.67. The molecule has 0 bridgehead atoms. The summed E-state index contributed by atoms with van der Waals surface area (Å²) in [5.74, 6) is 0.0391. The molecule has 2 aliphatic rings. The Bertz CT molecular complexity index is 657. The van der Waals surface area contributed by atoms with Crippen LogP contribution in [0.5, 0.6) is 0 Å². The highest BCUT2D eigenvalue weighted by Crippen LogP contribution is 2.17. The van der Waals surface area contributed by atoms with Crippen molar-refractivity contribution in [3.8, 4) is 0 Å². The van der Waals surface area contributed by atoms with Crippen molar-refractivity contribution in [2.24, 2.45) is 0 Å². The highest BCUT2D eigenvalue weighted by molar-refractivity contribution is 7.87. The molecule has 1 atom stereocenters. The fourth-order valence-corrected chi connectivity index (χ4v) is 4.87. The van der Waals surface area contributed by atoms with Crippen LogP contribution in [-0.2, 0) is 21.4 Å². The van der Waals surface area contributed by atoms with Gasteiger partial charge in [-0.3, -0.25) is 4.79 Å². The molecule has 0 spiro atoms. The Labute approximate surface area is 144 Å². The summed E-state index contributed by atoms with van der Waals surface area (Å²) in [5.41, 5.74) is 1.26. The number of rotatable bonds is 7. The summed E-state index contributed by atoms with van der Waals surface area (Å²) >= 11 is 0. The maximum atomic E-state index is 12.3. The zero-order valence-corrected chi connectivity index (χ0v) is 14.7. The average molecular weight is 351 g/mol. The number of hydrogen-bond donors (Lipinski definition) is 1. The van der Waals surface area contributed by atoms with E-state index in [1.807, 2.05) is 18.2 Å². The van der Waals surface area contributed by atoms with Gasteiger partial charge in [0.1, 0.15) is 0 Å². The minimum atomic E-state index is -3.45. The van der Waals surface area contributed by atoms with Crippen LogP contribution in [0, 0.1) is 0 Å². The molecule has 0 aliphatic carbocycles. The van der Waals surface area contributed by atoms with E-state index in [1.54, 1.807) is 4.90 Å². The fraction of sp³-hybridized carbons (Fsp3) is 0.588.